The van der Waals surface area contributed by atoms with Crippen LogP contribution in [0, 0.1) is 0 Å². The van der Waals surface area contributed by atoms with E-state index < -0.39 is 0 Å². The lowest BCUT2D eigenvalue weighted by Crippen LogP contribution is -2.61. The van der Waals surface area contributed by atoms with Crippen LogP contribution in [0.3, 0.4) is 0 Å². The maximum atomic E-state index is 2.70. The van der Waals surface area contributed by atoms with Gasteiger partial charge in [0.05, 0.1) is 11.4 Å². The maximum Gasteiger partial charge on any atom is 0.252 e. The molecule has 0 bridgehead atoms. The summed E-state index contributed by atoms with van der Waals surface area (Å²) in [5.74, 6) is 0. The lowest BCUT2D eigenvalue weighted by molar-refractivity contribution is 0.590. The van der Waals surface area contributed by atoms with Gasteiger partial charge in [-0.3, -0.25) is 0 Å². The molecule has 0 aliphatic carbocycles. The van der Waals surface area contributed by atoms with E-state index >= 15 is 0 Å². The van der Waals surface area contributed by atoms with Gasteiger partial charge in [0.2, 0.25) is 0 Å². The number of anilines is 6. The quantitative estimate of drug-likeness (QED) is 0.111. The van der Waals surface area contributed by atoms with Crippen molar-refractivity contribution in [2.45, 2.75) is 26.2 Å². The zero-order chi connectivity index (χ0) is 61.6. The largest absolute Gasteiger partial charge is 0.310 e. The fourth-order valence-corrected chi connectivity index (χ4v) is 16.2. The summed E-state index contributed by atoms with van der Waals surface area (Å²) in [4.78, 5) is 5.40. The molecule has 0 aromatic heterocycles. The van der Waals surface area contributed by atoms with Crippen molar-refractivity contribution >= 4 is 122 Å². The fraction of sp³-hybridized carbons (Fsp3) is 0.0444. The molecule has 0 fully saturated rings. The van der Waals surface area contributed by atoms with E-state index in [1.54, 1.807) is 0 Å². The average Bonchev–Trinajstić information content (AvgIpc) is 0.693. The molecule has 0 saturated heterocycles. The van der Waals surface area contributed by atoms with Crippen molar-refractivity contribution in [2.24, 2.45) is 0 Å². The van der Waals surface area contributed by atoms with Gasteiger partial charge in [-0.15, -0.1) is 0 Å². The summed E-state index contributed by atoms with van der Waals surface area (Å²) in [6.45, 7) is 6.99. The maximum absolute atomic E-state index is 2.70. The Bertz CT molecular complexity index is 5350. The van der Waals surface area contributed by atoms with Crippen LogP contribution in [0.15, 0.2) is 315 Å². The standard InChI is InChI=1S/C90H61BN2/c1-90(2,3)68-54-81-87-82(55-68)93(89-73(58-24-12-6-13-25-58)34-19-35-74(89)59-26-14-7-15-27-59)80-53-67(70-47-41-65-39-37-61-29-17-31-63-43-49-76(70)86(65)84(61)63)45-51-78(80)91(87)77-50-44-66(69-46-40-64-38-36-60-28-16-30-62-42-48-75(69)85(64)83(60)62)52-79(77)92(81)88-71(56-20-8-4-9-21-56)32-18-33-72(88)57-22-10-5-11-23-57/h4-55H,1-3H3. The van der Waals surface area contributed by atoms with Gasteiger partial charge in [-0.1, -0.05) is 312 Å². The third kappa shape index (κ3) is 8.16. The number of fused-ring (bicyclic) bond motifs is 4. The predicted molar refractivity (Wildman–Crippen MR) is 399 cm³/mol. The van der Waals surface area contributed by atoms with Crippen LogP contribution in [-0.4, -0.2) is 6.71 Å². The van der Waals surface area contributed by atoms with Gasteiger partial charge in [0.1, 0.15) is 0 Å². The molecule has 0 spiro atoms. The van der Waals surface area contributed by atoms with Crippen LogP contribution in [0.5, 0.6) is 0 Å². The Morgan fingerprint density at radius 2 is 0.570 bits per heavy atom. The highest BCUT2D eigenvalue weighted by molar-refractivity contribution is 7.00. The smallest absolute Gasteiger partial charge is 0.252 e. The Hall–Kier alpha value is -11.5. The number of hydrogen-bond donors (Lipinski definition) is 0. The molecule has 0 atom stereocenters. The molecule has 0 N–H and O–H groups in total. The molecule has 2 nitrogen and oxygen atoms in total. The van der Waals surface area contributed by atoms with Crippen molar-refractivity contribution in [1.82, 2.24) is 0 Å². The third-order valence-corrected chi connectivity index (χ3v) is 20.5. The van der Waals surface area contributed by atoms with Crippen molar-refractivity contribution in [3.05, 3.63) is 321 Å². The minimum absolute atomic E-state index is 0.180. The van der Waals surface area contributed by atoms with Crippen LogP contribution in [0.1, 0.15) is 26.3 Å². The monoisotopic (exact) mass is 1180 g/mol. The highest BCUT2D eigenvalue weighted by atomic mass is 15.2. The summed E-state index contributed by atoms with van der Waals surface area (Å²) in [6, 6.07) is 120. The van der Waals surface area contributed by atoms with Gasteiger partial charge in [0.15, 0.2) is 0 Å². The highest BCUT2D eigenvalue weighted by Gasteiger charge is 2.46. The number of nitrogens with zero attached hydrogens (tertiary/aromatic N) is 2. The molecule has 17 aromatic carbocycles. The van der Waals surface area contributed by atoms with E-state index in [4.69, 9.17) is 0 Å². The summed E-state index contributed by atoms with van der Waals surface area (Å²) < 4.78 is 0. The number of hydrogen-bond acceptors (Lipinski definition) is 2. The van der Waals surface area contributed by atoms with E-state index in [0.717, 1.165) is 67.3 Å². The second kappa shape index (κ2) is 20.5. The molecule has 2 heterocycles. The molecule has 0 amide bonds. The van der Waals surface area contributed by atoms with Crippen LogP contribution in [0.4, 0.5) is 34.1 Å². The van der Waals surface area contributed by atoms with Crippen LogP contribution in [-0.2, 0) is 5.41 Å². The summed E-state index contributed by atoms with van der Waals surface area (Å²) in [6.07, 6.45) is 0. The van der Waals surface area contributed by atoms with E-state index in [0.29, 0.717) is 0 Å². The van der Waals surface area contributed by atoms with E-state index in [1.165, 1.54) is 120 Å². The van der Waals surface area contributed by atoms with Crippen molar-refractivity contribution in [3.63, 3.8) is 0 Å². The first-order valence-corrected chi connectivity index (χ1v) is 32.7. The first-order chi connectivity index (χ1) is 45.8. The minimum atomic E-state index is -0.283. The van der Waals surface area contributed by atoms with Crippen molar-refractivity contribution in [3.8, 4) is 66.8 Å². The predicted octanol–water partition coefficient (Wildman–Crippen LogP) is 22.9. The Kier molecular flexibility index (Phi) is 11.8. The molecule has 93 heavy (non-hydrogen) atoms. The molecule has 0 unspecified atom stereocenters. The molecule has 0 radical (unpaired) electrons. The molecule has 0 saturated carbocycles. The van der Waals surface area contributed by atoms with Gasteiger partial charge >= 0.3 is 0 Å². The van der Waals surface area contributed by atoms with Gasteiger partial charge in [-0.25, -0.2) is 0 Å². The fourth-order valence-electron chi connectivity index (χ4n) is 16.2. The van der Waals surface area contributed by atoms with Gasteiger partial charge in [-0.05, 0) is 161 Å². The Morgan fingerprint density at radius 3 is 0.925 bits per heavy atom. The Balaban J connectivity index is 0.963. The lowest BCUT2D eigenvalue weighted by atomic mass is 9.33. The topological polar surface area (TPSA) is 6.48 Å². The van der Waals surface area contributed by atoms with Gasteiger partial charge < -0.3 is 9.80 Å². The minimum Gasteiger partial charge on any atom is -0.310 e. The third-order valence-electron chi connectivity index (χ3n) is 20.5. The van der Waals surface area contributed by atoms with Crippen LogP contribution < -0.4 is 26.2 Å². The molecule has 2 aliphatic rings. The SMILES string of the molecule is CC(C)(C)c1cc2c3c(c1)N(c1c(-c4ccccc4)cccc1-c1ccccc1)c1cc(-c4ccc5ccc6cccc7ccc4c5c67)ccc1B3c1ccc(-c3ccc4ccc5cccc6ccc3c4c56)cc1N2c1c(-c2ccccc2)cccc1-c1ccccc1. The molecular formula is C90H61BN2. The molecule has 3 heteroatoms. The summed E-state index contributed by atoms with van der Waals surface area (Å²) in [5, 5.41) is 15.4. The Labute approximate surface area is 542 Å². The van der Waals surface area contributed by atoms with Crippen molar-refractivity contribution in [1.29, 1.82) is 0 Å². The number of rotatable bonds is 8. The van der Waals surface area contributed by atoms with E-state index in [2.05, 4.69) is 346 Å². The molecule has 17 aromatic rings. The van der Waals surface area contributed by atoms with Crippen LogP contribution in [0.2, 0.25) is 0 Å². The van der Waals surface area contributed by atoms with E-state index in [1.807, 2.05) is 0 Å². The summed E-state index contributed by atoms with van der Waals surface area (Å²) >= 11 is 0. The molecule has 434 valence electrons. The van der Waals surface area contributed by atoms with Crippen LogP contribution >= 0.6 is 0 Å². The zero-order valence-corrected chi connectivity index (χ0v) is 52.0. The second-order valence-corrected chi connectivity index (χ2v) is 26.6. The van der Waals surface area contributed by atoms with E-state index in [9.17, 15) is 0 Å². The van der Waals surface area contributed by atoms with E-state index in [-0.39, 0.29) is 12.1 Å². The van der Waals surface area contributed by atoms with Gasteiger partial charge in [-0.2, -0.15) is 0 Å². The normalized spacial score (nSPS) is 12.8. The average molecular weight is 1180 g/mol. The number of benzene rings is 17. The molecule has 19 rings (SSSR count). The Morgan fingerprint density at radius 1 is 0.247 bits per heavy atom. The highest BCUT2D eigenvalue weighted by Crippen LogP contribution is 2.55. The number of para-hydroxylation sites is 2. The van der Waals surface area contributed by atoms with Crippen molar-refractivity contribution in [2.75, 3.05) is 9.80 Å². The summed E-state index contributed by atoms with van der Waals surface area (Å²) in [5.41, 5.74) is 25.8. The second-order valence-electron chi connectivity index (χ2n) is 26.6. The summed E-state index contributed by atoms with van der Waals surface area (Å²) in [7, 11) is 0. The first kappa shape index (κ1) is 53.3. The molecular weight excluding hydrogens is 1120 g/mol. The first-order valence-electron chi connectivity index (χ1n) is 32.7. The van der Waals surface area contributed by atoms with Crippen molar-refractivity contribution < 1.29 is 0 Å². The molecule has 2 aliphatic heterocycles. The zero-order valence-electron chi connectivity index (χ0n) is 52.0. The van der Waals surface area contributed by atoms with Gasteiger partial charge in [0, 0.05) is 45.0 Å². The van der Waals surface area contributed by atoms with Crippen LogP contribution in [0.25, 0.3) is 131 Å². The lowest BCUT2D eigenvalue weighted by Gasteiger charge is -2.46. The van der Waals surface area contributed by atoms with Gasteiger partial charge in [0.25, 0.3) is 6.71 Å².